The van der Waals surface area contributed by atoms with Gasteiger partial charge in [-0.05, 0) is 23.6 Å². The van der Waals surface area contributed by atoms with E-state index in [1.54, 1.807) is 12.1 Å². The zero-order valence-electron chi connectivity index (χ0n) is 9.84. The number of nitrogens with zero attached hydrogens (tertiary/aromatic N) is 1. The smallest absolute Gasteiger partial charge is 0.262 e. The highest BCUT2D eigenvalue weighted by Gasteiger charge is 2.38. The van der Waals surface area contributed by atoms with E-state index in [0.717, 1.165) is 14.7 Å². The van der Waals surface area contributed by atoms with Crippen LogP contribution in [-0.2, 0) is 9.59 Å². The third-order valence-corrected chi connectivity index (χ3v) is 5.01. The van der Waals surface area contributed by atoms with Crippen molar-refractivity contribution in [3.63, 3.8) is 0 Å². The molecule has 2 aromatic rings. The minimum Gasteiger partial charge on any atom is -0.277 e. The van der Waals surface area contributed by atoms with Crippen LogP contribution < -0.4 is 0 Å². The molecule has 0 aromatic carbocycles. The van der Waals surface area contributed by atoms with Crippen LogP contribution in [0.2, 0.25) is 4.34 Å². The van der Waals surface area contributed by atoms with Crippen molar-refractivity contribution >= 4 is 57.2 Å². The minimum absolute atomic E-state index is 0.257. The Morgan fingerprint density at radius 3 is 2.26 bits per heavy atom. The van der Waals surface area contributed by atoms with Gasteiger partial charge in [-0.1, -0.05) is 17.7 Å². The molecule has 0 bridgehead atoms. The Labute approximate surface area is 122 Å². The quantitative estimate of drug-likeness (QED) is 0.798. The first-order valence-corrected chi connectivity index (χ1v) is 7.53. The van der Waals surface area contributed by atoms with E-state index in [4.69, 9.17) is 11.6 Å². The van der Waals surface area contributed by atoms with E-state index in [9.17, 15) is 9.59 Å². The van der Waals surface area contributed by atoms with Gasteiger partial charge in [-0.3, -0.25) is 14.5 Å². The maximum absolute atomic E-state index is 12.2. The number of carbonyl (C=O) groups excluding carboxylic acids is 2. The molecule has 3 nitrogen and oxygen atoms in total. The molecule has 0 aliphatic carbocycles. The molecule has 0 fully saturated rings. The van der Waals surface area contributed by atoms with E-state index in [1.807, 2.05) is 17.5 Å². The fourth-order valence-electron chi connectivity index (χ4n) is 1.97. The molecule has 0 unspecified atom stereocenters. The maximum atomic E-state index is 12.2. The molecule has 0 radical (unpaired) electrons. The summed E-state index contributed by atoms with van der Waals surface area (Å²) < 4.78 is 0.600. The number of thiophene rings is 2. The first-order chi connectivity index (χ1) is 9.09. The Hall–Kier alpha value is -1.43. The lowest BCUT2D eigenvalue weighted by Gasteiger charge is -2.05. The molecule has 3 heterocycles. The monoisotopic (exact) mass is 309 g/mol. The number of hydrogen-bond donors (Lipinski definition) is 0. The van der Waals surface area contributed by atoms with Crippen LogP contribution in [0.5, 0.6) is 0 Å². The molecule has 0 saturated carbocycles. The average molecular weight is 310 g/mol. The van der Waals surface area contributed by atoms with Crippen LogP contribution in [0, 0.1) is 0 Å². The van der Waals surface area contributed by atoms with Crippen molar-refractivity contribution in [3.05, 3.63) is 43.7 Å². The van der Waals surface area contributed by atoms with Gasteiger partial charge in [0.15, 0.2) is 0 Å². The fraction of sp³-hybridized carbons (Fsp3) is 0.0769. The molecule has 1 aliphatic rings. The van der Waals surface area contributed by atoms with Crippen molar-refractivity contribution in [2.45, 2.75) is 0 Å². The van der Waals surface area contributed by atoms with Crippen LogP contribution in [0.25, 0.3) is 11.1 Å². The molecule has 2 amide bonds. The summed E-state index contributed by atoms with van der Waals surface area (Å²) in [5.41, 5.74) is 0.924. The maximum Gasteiger partial charge on any atom is 0.262 e. The Morgan fingerprint density at radius 2 is 1.74 bits per heavy atom. The number of carbonyl (C=O) groups is 2. The van der Waals surface area contributed by atoms with Gasteiger partial charge in [-0.25, -0.2) is 0 Å². The standard InChI is InChI=1S/C13H8ClNO2S2/c1-15-12(16)10(7-3-2-6-18-7)11(13(15)17)8-4-5-9(14)19-8/h2-6H,1H3. The van der Waals surface area contributed by atoms with Crippen molar-refractivity contribution in [2.75, 3.05) is 7.05 Å². The number of likely N-dealkylation sites (N-methyl/N-ethyl adjacent to an activating group) is 1. The molecule has 0 N–H and O–H groups in total. The number of imide groups is 1. The van der Waals surface area contributed by atoms with Gasteiger partial charge in [0.2, 0.25) is 0 Å². The Morgan fingerprint density at radius 1 is 1.05 bits per heavy atom. The molecule has 1 aliphatic heterocycles. The number of rotatable bonds is 2. The summed E-state index contributed by atoms with van der Waals surface area (Å²) in [6.45, 7) is 0. The van der Waals surface area contributed by atoms with E-state index in [2.05, 4.69) is 0 Å². The predicted molar refractivity (Wildman–Crippen MR) is 78.2 cm³/mol. The zero-order valence-corrected chi connectivity index (χ0v) is 12.2. The van der Waals surface area contributed by atoms with Crippen LogP contribution in [0.15, 0.2) is 29.6 Å². The molecular formula is C13H8ClNO2S2. The van der Waals surface area contributed by atoms with Gasteiger partial charge in [-0.2, -0.15) is 0 Å². The fourth-order valence-corrected chi connectivity index (χ4v) is 3.82. The third-order valence-electron chi connectivity index (χ3n) is 2.87. The highest BCUT2D eigenvalue weighted by Crippen LogP contribution is 2.39. The molecule has 96 valence electrons. The Balaban J connectivity index is 2.25. The van der Waals surface area contributed by atoms with Gasteiger partial charge in [0.05, 0.1) is 15.5 Å². The first-order valence-electron chi connectivity index (χ1n) is 5.46. The van der Waals surface area contributed by atoms with E-state index >= 15 is 0 Å². The molecule has 3 rings (SSSR count). The summed E-state index contributed by atoms with van der Waals surface area (Å²) >= 11 is 8.67. The molecule has 2 aromatic heterocycles. The van der Waals surface area contributed by atoms with E-state index < -0.39 is 0 Å². The summed E-state index contributed by atoms with van der Waals surface area (Å²) in [7, 11) is 1.50. The number of hydrogen-bond acceptors (Lipinski definition) is 4. The lowest BCUT2D eigenvalue weighted by Crippen LogP contribution is -2.26. The van der Waals surface area contributed by atoms with E-state index in [1.165, 1.54) is 29.7 Å². The van der Waals surface area contributed by atoms with Crippen LogP contribution >= 0.6 is 34.3 Å². The van der Waals surface area contributed by atoms with Gasteiger partial charge in [0.25, 0.3) is 11.8 Å². The summed E-state index contributed by atoms with van der Waals surface area (Å²) in [6, 6.07) is 7.22. The second-order valence-electron chi connectivity index (χ2n) is 4.00. The van der Waals surface area contributed by atoms with Crippen LogP contribution in [0.3, 0.4) is 0 Å². The highest BCUT2D eigenvalue weighted by molar-refractivity contribution is 7.18. The second kappa shape index (κ2) is 4.59. The Bertz CT molecular complexity index is 700. The summed E-state index contributed by atoms with van der Waals surface area (Å²) in [5.74, 6) is -0.529. The molecule has 19 heavy (non-hydrogen) atoms. The topological polar surface area (TPSA) is 37.4 Å². The molecule has 6 heteroatoms. The predicted octanol–water partition coefficient (Wildman–Crippen LogP) is 3.37. The van der Waals surface area contributed by atoms with Gasteiger partial charge in [0.1, 0.15) is 0 Å². The highest BCUT2D eigenvalue weighted by atomic mass is 35.5. The lowest BCUT2D eigenvalue weighted by atomic mass is 10.1. The van der Waals surface area contributed by atoms with Gasteiger partial charge < -0.3 is 0 Å². The normalized spacial score (nSPS) is 15.8. The molecular weight excluding hydrogens is 302 g/mol. The summed E-state index contributed by atoms with van der Waals surface area (Å²) in [6.07, 6.45) is 0. The third kappa shape index (κ3) is 1.94. The Kier molecular flexibility index (Phi) is 3.05. The second-order valence-corrected chi connectivity index (χ2v) is 6.66. The van der Waals surface area contributed by atoms with Crippen molar-refractivity contribution in [1.29, 1.82) is 0 Å². The van der Waals surface area contributed by atoms with E-state index in [0.29, 0.717) is 15.5 Å². The van der Waals surface area contributed by atoms with Crippen molar-refractivity contribution in [2.24, 2.45) is 0 Å². The van der Waals surface area contributed by atoms with Crippen molar-refractivity contribution in [3.8, 4) is 0 Å². The van der Waals surface area contributed by atoms with Gasteiger partial charge in [0, 0.05) is 16.8 Å². The first kappa shape index (κ1) is 12.6. The van der Waals surface area contributed by atoms with E-state index in [-0.39, 0.29) is 11.8 Å². The zero-order chi connectivity index (χ0) is 13.6. The number of amides is 2. The van der Waals surface area contributed by atoms with Crippen LogP contribution in [0.4, 0.5) is 0 Å². The van der Waals surface area contributed by atoms with Crippen LogP contribution in [-0.4, -0.2) is 23.8 Å². The van der Waals surface area contributed by atoms with Crippen molar-refractivity contribution in [1.82, 2.24) is 4.90 Å². The minimum atomic E-state index is -0.271. The molecule has 0 atom stereocenters. The van der Waals surface area contributed by atoms with Crippen molar-refractivity contribution < 1.29 is 9.59 Å². The van der Waals surface area contributed by atoms with Crippen LogP contribution in [0.1, 0.15) is 9.75 Å². The SMILES string of the molecule is CN1C(=O)C(c2cccs2)=C(c2ccc(Cl)s2)C1=O. The average Bonchev–Trinajstić information content (AvgIpc) is 3.07. The lowest BCUT2D eigenvalue weighted by molar-refractivity contribution is -0.134. The summed E-state index contributed by atoms with van der Waals surface area (Å²) in [4.78, 5) is 27.2. The molecule has 0 saturated heterocycles. The van der Waals surface area contributed by atoms with Gasteiger partial charge in [-0.15, -0.1) is 22.7 Å². The van der Waals surface area contributed by atoms with Gasteiger partial charge >= 0.3 is 0 Å². The number of halogens is 1. The largest absolute Gasteiger partial charge is 0.277 e. The summed E-state index contributed by atoms with van der Waals surface area (Å²) in [5, 5.41) is 1.89. The molecule has 0 spiro atoms.